The van der Waals surface area contributed by atoms with Crippen LogP contribution in [-0.4, -0.2) is 64.7 Å². The fourth-order valence-corrected chi connectivity index (χ4v) is 3.39. The van der Waals surface area contributed by atoms with Crippen LogP contribution in [0.3, 0.4) is 0 Å². The molecule has 0 spiro atoms. The summed E-state index contributed by atoms with van der Waals surface area (Å²) in [4.78, 5) is 24.6. The summed E-state index contributed by atoms with van der Waals surface area (Å²) in [6, 6.07) is 5.72. The molecule has 0 bridgehead atoms. The van der Waals surface area contributed by atoms with Crippen molar-refractivity contribution in [3.63, 3.8) is 0 Å². The average molecular weight is 343 g/mol. The molecule has 1 saturated heterocycles. The molecular weight excluding hydrogens is 318 g/mol. The molecule has 0 radical (unpaired) electrons. The lowest BCUT2D eigenvalue weighted by Gasteiger charge is -2.29. The smallest absolute Gasteiger partial charge is 0.222 e. The quantitative estimate of drug-likeness (QED) is 0.804. The molecule has 2 aromatic rings. The molecule has 2 aromatic heterocycles. The van der Waals surface area contributed by atoms with Gasteiger partial charge in [-0.1, -0.05) is 0 Å². The molecule has 7 heteroatoms. The second-order valence-electron chi connectivity index (χ2n) is 6.74. The number of fused-ring (bicyclic) bond motifs is 1. The lowest BCUT2D eigenvalue weighted by atomic mass is 10.0. The Hall–Kier alpha value is -2.25. The van der Waals surface area contributed by atoms with Crippen molar-refractivity contribution in [1.29, 1.82) is 0 Å². The predicted molar refractivity (Wildman–Crippen MR) is 97.2 cm³/mol. The number of β-amino-alcohol motifs (C(OH)–C–C–N with tert-alkyl or cyclic N) is 1. The van der Waals surface area contributed by atoms with Gasteiger partial charge in [0.1, 0.15) is 11.1 Å². The minimum atomic E-state index is -0.919. The minimum Gasteiger partial charge on any atom is -0.386 e. The molecule has 1 aliphatic heterocycles. The number of pyridine rings is 2. The van der Waals surface area contributed by atoms with Crippen molar-refractivity contribution in [2.45, 2.75) is 24.9 Å². The molecule has 1 atom stereocenters. The fourth-order valence-electron chi connectivity index (χ4n) is 3.39. The van der Waals surface area contributed by atoms with E-state index in [4.69, 9.17) is 5.73 Å². The Kier molecular flexibility index (Phi) is 5.15. The molecule has 0 saturated carbocycles. The summed E-state index contributed by atoms with van der Waals surface area (Å²) in [5.74, 6) is 0.0216. The van der Waals surface area contributed by atoms with Crippen LogP contribution >= 0.6 is 0 Å². The molecule has 1 fully saturated rings. The van der Waals surface area contributed by atoms with Crippen LogP contribution in [0.4, 0.5) is 5.69 Å². The number of amides is 1. The minimum absolute atomic E-state index is 0.0216. The number of rotatable bonds is 6. The number of nitrogens with two attached hydrogens (primary N) is 1. The molecule has 0 unspecified atom stereocenters. The first-order chi connectivity index (χ1) is 12.0. The van der Waals surface area contributed by atoms with Gasteiger partial charge in [0.15, 0.2) is 0 Å². The predicted octanol–water partition coefficient (Wildman–Crippen LogP) is 0.768. The normalized spacial score (nSPS) is 20.2. The van der Waals surface area contributed by atoms with Gasteiger partial charge in [-0.05, 0) is 37.6 Å². The highest BCUT2D eigenvalue weighted by Crippen LogP contribution is 2.31. The van der Waals surface area contributed by atoms with Crippen molar-refractivity contribution in [3.8, 4) is 0 Å². The second-order valence-corrected chi connectivity index (χ2v) is 6.74. The van der Waals surface area contributed by atoms with Gasteiger partial charge < -0.3 is 20.6 Å². The molecule has 3 rings (SSSR count). The van der Waals surface area contributed by atoms with Crippen LogP contribution in [0.1, 0.15) is 19.3 Å². The van der Waals surface area contributed by atoms with Crippen molar-refractivity contribution in [2.24, 2.45) is 5.73 Å². The number of anilines is 1. The van der Waals surface area contributed by atoms with Crippen molar-refractivity contribution >= 4 is 22.6 Å². The van der Waals surface area contributed by atoms with Crippen molar-refractivity contribution in [2.75, 3.05) is 38.1 Å². The highest BCUT2D eigenvalue weighted by atomic mass is 16.3. The van der Waals surface area contributed by atoms with E-state index < -0.39 is 5.60 Å². The first-order valence-corrected chi connectivity index (χ1v) is 8.63. The van der Waals surface area contributed by atoms with Crippen LogP contribution in [-0.2, 0) is 4.79 Å². The van der Waals surface area contributed by atoms with Gasteiger partial charge in [0, 0.05) is 39.0 Å². The van der Waals surface area contributed by atoms with Crippen LogP contribution in [0, 0.1) is 0 Å². The maximum absolute atomic E-state index is 12.1. The van der Waals surface area contributed by atoms with Gasteiger partial charge in [-0.3, -0.25) is 14.8 Å². The van der Waals surface area contributed by atoms with Gasteiger partial charge in [0.05, 0.1) is 17.7 Å². The van der Waals surface area contributed by atoms with E-state index in [0.29, 0.717) is 38.9 Å². The summed E-state index contributed by atoms with van der Waals surface area (Å²) in [5, 5.41) is 10.9. The zero-order valence-electron chi connectivity index (χ0n) is 14.6. The Labute approximate surface area is 147 Å². The monoisotopic (exact) mass is 343 g/mol. The number of aromatic nitrogens is 2. The van der Waals surface area contributed by atoms with E-state index in [9.17, 15) is 9.90 Å². The number of likely N-dealkylation sites (N-methyl/N-ethyl adjacent to an activating group) is 1. The topological polar surface area (TPSA) is 95.6 Å². The standard InChI is InChI=1S/C18H25N5O2/c1-22(16(24)5-2-8-19)12-18(25)7-11-23(13-18)15-6-10-20-14-4-3-9-21-17(14)15/h3-4,6,9-10,25H,2,5,7-8,11-13,19H2,1H3/t18-/m1/s1. The summed E-state index contributed by atoms with van der Waals surface area (Å²) < 4.78 is 0. The third-order valence-corrected chi connectivity index (χ3v) is 4.70. The number of aliphatic hydroxyl groups is 1. The summed E-state index contributed by atoms with van der Waals surface area (Å²) in [5.41, 5.74) is 7.18. The zero-order valence-corrected chi connectivity index (χ0v) is 14.6. The van der Waals surface area contributed by atoms with E-state index in [-0.39, 0.29) is 5.91 Å². The van der Waals surface area contributed by atoms with Crippen molar-refractivity contribution < 1.29 is 9.90 Å². The molecule has 3 N–H and O–H groups in total. The molecule has 134 valence electrons. The molecule has 3 heterocycles. The van der Waals surface area contributed by atoms with Crippen LogP contribution in [0.2, 0.25) is 0 Å². The van der Waals surface area contributed by atoms with Gasteiger partial charge in [0.25, 0.3) is 0 Å². The average Bonchev–Trinajstić information content (AvgIpc) is 3.00. The van der Waals surface area contributed by atoms with E-state index in [0.717, 1.165) is 23.3 Å². The summed E-state index contributed by atoms with van der Waals surface area (Å²) >= 11 is 0. The Morgan fingerprint density at radius 3 is 3.04 bits per heavy atom. The Morgan fingerprint density at radius 1 is 1.40 bits per heavy atom. The van der Waals surface area contributed by atoms with E-state index in [1.54, 1.807) is 24.3 Å². The number of carbonyl (C=O) groups is 1. The van der Waals surface area contributed by atoms with Crippen LogP contribution in [0.25, 0.3) is 11.0 Å². The molecule has 1 aliphatic rings. The lowest BCUT2D eigenvalue weighted by Crippen LogP contribution is -2.45. The highest BCUT2D eigenvalue weighted by molar-refractivity contribution is 5.87. The fraction of sp³-hybridized carbons (Fsp3) is 0.500. The maximum atomic E-state index is 12.1. The molecule has 0 aliphatic carbocycles. The third-order valence-electron chi connectivity index (χ3n) is 4.70. The largest absolute Gasteiger partial charge is 0.386 e. The van der Waals surface area contributed by atoms with E-state index in [1.165, 1.54) is 0 Å². The van der Waals surface area contributed by atoms with E-state index in [2.05, 4.69) is 14.9 Å². The van der Waals surface area contributed by atoms with Gasteiger partial charge in [-0.2, -0.15) is 0 Å². The molecule has 0 aromatic carbocycles. The van der Waals surface area contributed by atoms with Crippen LogP contribution in [0.5, 0.6) is 0 Å². The van der Waals surface area contributed by atoms with Gasteiger partial charge >= 0.3 is 0 Å². The Balaban J connectivity index is 1.71. The number of hydrogen-bond acceptors (Lipinski definition) is 6. The third kappa shape index (κ3) is 3.88. The number of carbonyl (C=O) groups excluding carboxylic acids is 1. The van der Waals surface area contributed by atoms with Crippen LogP contribution < -0.4 is 10.6 Å². The van der Waals surface area contributed by atoms with Gasteiger partial charge in [-0.25, -0.2) is 0 Å². The summed E-state index contributed by atoms with van der Waals surface area (Å²) in [7, 11) is 1.74. The first-order valence-electron chi connectivity index (χ1n) is 8.63. The lowest BCUT2D eigenvalue weighted by molar-refractivity contribution is -0.132. The van der Waals surface area contributed by atoms with Crippen LogP contribution in [0.15, 0.2) is 30.6 Å². The maximum Gasteiger partial charge on any atom is 0.222 e. The van der Waals surface area contributed by atoms with E-state index in [1.807, 2.05) is 18.2 Å². The SMILES string of the molecule is CN(C[C@]1(O)CCN(c2ccnc3cccnc23)C1)C(=O)CCCN. The van der Waals surface area contributed by atoms with Crippen molar-refractivity contribution in [1.82, 2.24) is 14.9 Å². The molecule has 7 nitrogen and oxygen atoms in total. The first kappa shape index (κ1) is 17.6. The van der Waals surface area contributed by atoms with Gasteiger partial charge in [0.2, 0.25) is 5.91 Å². The zero-order chi connectivity index (χ0) is 17.9. The second kappa shape index (κ2) is 7.33. The molecule has 1 amide bonds. The Bertz CT molecular complexity index is 748. The Morgan fingerprint density at radius 2 is 2.24 bits per heavy atom. The highest BCUT2D eigenvalue weighted by Gasteiger charge is 2.38. The number of nitrogens with zero attached hydrogens (tertiary/aromatic N) is 4. The van der Waals surface area contributed by atoms with Crippen molar-refractivity contribution in [3.05, 3.63) is 30.6 Å². The molecular formula is C18H25N5O2. The van der Waals surface area contributed by atoms with E-state index >= 15 is 0 Å². The van der Waals surface area contributed by atoms with Gasteiger partial charge in [-0.15, -0.1) is 0 Å². The molecule has 25 heavy (non-hydrogen) atoms. The summed E-state index contributed by atoms with van der Waals surface area (Å²) in [6.45, 7) is 2.01. The number of hydrogen-bond donors (Lipinski definition) is 2. The summed E-state index contributed by atoms with van der Waals surface area (Å²) in [6.07, 6.45) is 5.21.